The van der Waals surface area contributed by atoms with Crippen LogP contribution in [0.25, 0.3) is 22.4 Å². The van der Waals surface area contributed by atoms with E-state index in [0.29, 0.717) is 0 Å². The Balaban J connectivity index is 2.27. The Morgan fingerprint density at radius 2 is 2.00 bits per heavy atom. The van der Waals surface area contributed by atoms with Crippen molar-refractivity contribution in [2.75, 3.05) is 0 Å². The maximum absolute atomic E-state index is 5.39. The zero-order valence-corrected chi connectivity index (χ0v) is 9.37. The maximum atomic E-state index is 5.39. The summed E-state index contributed by atoms with van der Waals surface area (Å²) in [6.07, 6.45) is 1.69. The molecule has 80 valence electrons. The lowest BCUT2D eigenvalue weighted by Gasteiger charge is -1.97. The molecule has 2 heterocycles. The smallest absolute Gasteiger partial charge is 0.150 e. The van der Waals surface area contributed by atoms with Gasteiger partial charge in [-0.3, -0.25) is 0 Å². The average molecular weight is 211 g/mol. The molecule has 0 fully saturated rings. The standard InChI is InChI=1S/C14H13NO/c1-9-6-10(2)14-11(7-9)8-12(15-14)13-4-3-5-16-13/h3-8,15H,1-2H3. The lowest BCUT2D eigenvalue weighted by Crippen LogP contribution is -1.79. The Labute approximate surface area is 93.9 Å². The zero-order valence-electron chi connectivity index (χ0n) is 9.37. The van der Waals surface area contributed by atoms with Crippen LogP contribution in [0.5, 0.6) is 0 Å². The van der Waals surface area contributed by atoms with E-state index < -0.39 is 0 Å². The van der Waals surface area contributed by atoms with Gasteiger partial charge in [0.15, 0.2) is 0 Å². The molecule has 2 heteroatoms. The summed E-state index contributed by atoms with van der Waals surface area (Å²) in [5, 5.41) is 1.24. The molecule has 1 N–H and O–H groups in total. The van der Waals surface area contributed by atoms with Crippen molar-refractivity contribution in [3.05, 3.63) is 47.7 Å². The van der Waals surface area contributed by atoms with Gasteiger partial charge in [0.2, 0.25) is 0 Å². The monoisotopic (exact) mass is 211 g/mol. The van der Waals surface area contributed by atoms with Crippen LogP contribution < -0.4 is 0 Å². The first-order valence-corrected chi connectivity index (χ1v) is 5.38. The minimum atomic E-state index is 0.883. The van der Waals surface area contributed by atoms with Gasteiger partial charge in [0, 0.05) is 10.9 Å². The summed E-state index contributed by atoms with van der Waals surface area (Å²) < 4.78 is 5.39. The van der Waals surface area contributed by atoms with Crippen molar-refractivity contribution in [1.29, 1.82) is 0 Å². The molecule has 0 radical (unpaired) electrons. The van der Waals surface area contributed by atoms with Gasteiger partial charge in [-0.2, -0.15) is 0 Å². The highest BCUT2D eigenvalue weighted by molar-refractivity contribution is 5.88. The van der Waals surface area contributed by atoms with Crippen LogP contribution in [-0.2, 0) is 0 Å². The van der Waals surface area contributed by atoms with Gasteiger partial charge in [-0.25, -0.2) is 0 Å². The number of benzene rings is 1. The van der Waals surface area contributed by atoms with E-state index in [4.69, 9.17) is 4.42 Å². The van der Waals surface area contributed by atoms with E-state index in [1.165, 1.54) is 22.0 Å². The first-order chi connectivity index (χ1) is 7.74. The number of aromatic amines is 1. The minimum Gasteiger partial charge on any atom is -0.463 e. The predicted molar refractivity (Wildman–Crippen MR) is 65.5 cm³/mol. The second-order valence-corrected chi connectivity index (χ2v) is 4.21. The molecule has 0 unspecified atom stereocenters. The van der Waals surface area contributed by atoms with Gasteiger partial charge < -0.3 is 9.40 Å². The Morgan fingerprint density at radius 1 is 1.12 bits per heavy atom. The van der Waals surface area contributed by atoms with Crippen LogP contribution in [0.2, 0.25) is 0 Å². The third kappa shape index (κ3) is 1.34. The van der Waals surface area contributed by atoms with E-state index in [0.717, 1.165) is 11.5 Å². The summed E-state index contributed by atoms with van der Waals surface area (Å²) in [6.45, 7) is 4.24. The predicted octanol–water partition coefficient (Wildman–Crippen LogP) is 4.04. The SMILES string of the molecule is Cc1cc(C)c2[nH]c(-c3ccco3)cc2c1. The molecule has 0 saturated heterocycles. The second kappa shape index (κ2) is 3.27. The van der Waals surface area contributed by atoms with E-state index >= 15 is 0 Å². The van der Waals surface area contributed by atoms with Crippen LogP contribution in [0, 0.1) is 13.8 Å². The first-order valence-electron chi connectivity index (χ1n) is 5.38. The van der Waals surface area contributed by atoms with Gasteiger partial charge >= 0.3 is 0 Å². The van der Waals surface area contributed by atoms with Gasteiger partial charge in [0.05, 0.1) is 12.0 Å². The molecule has 0 amide bonds. The first kappa shape index (κ1) is 9.28. The molecule has 3 aromatic rings. The van der Waals surface area contributed by atoms with Crippen molar-refractivity contribution in [3.63, 3.8) is 0 Å². The third-order valence-electron chi connectivity index (χ3n) is 2.86. The van der Waals surface area contributed by atoms with E-state index in [1.807, 2.05) is 12.1 Å². The van der Waals surface area contributed by atoms with E-state index in [1.54, 1.807) is 6.26 Å². The van der Waals surface area contributed by atoms with E-state index in [9.17, 15) is 0 Å². The van der Waals surface area contributed by atoms with Crippen LogP contribution in [0.3, 0.4) is 0 Å². The number of rotatable bonds is 1. The quantitative estimate of drug-likeness (QED) is 0.646. The summed E-state index contributed by atoms with van der Waals surface area (Å²) in [7, 11) is 0. The van der Waals surface area contributed by atoms with Gasteiger partial charge in [-0.05, 0) is 43.7 Å². The third-order valence-corrected chi connectivity index (χ3v) is 2.86. The fraction of sp³-hybridized carbons (Fsp3) is 0.143. The number of aryl methyl sites for hydroxylation is 2. The number of fused-ring (bicyclic) bond motifs is 1. The van der Waals surface area contributed by atoms with Crippen molar-refractivity contribution in [2.45, 2.75) is 13.8 Å². The summed E-state index contributed by atoms with van der Waals surface area (Å²) in [4.78, 5) is 3.40. The van der Waals surface area contributed by atoms with Crippen LogP contribution in [0.1, 0.15) is 11.1 Å². The van der Waals surface area contributed by atoms with Gasteiger partial charge in [-0.1, -0.05) is 11.6 Å². The molecule has 0 atom stereocenters. The summed E-state index contributed by atoms with van der Waals surface area (Å²) in [5.41, 5.74) is 4.79. The molecule has 0 aliphatic carbocycles. The molecule has 0 aliphatic heterocycles. The topological polar surface area (TPSA) is 28.9 Å². The number of furan rings is 1. The highest BCUT2D eigenvalue weighted by atomic mass is 16.3. The van der Waals surface area contributed by atoms with E-state index in [2.05, 4.69) is 37.0 Å². The Hall–Kier alpha value is -1.96. The summed E-state index contributed by atoms with van der Waals surface area (Å²) in [6, 6.07) is 10.4. The zero-order chi connectivity index (χ0) is 11.1. The van der Waals surface area contributed by atoms with Gasteiger partial charge in [-0.15, -0.1) is 0 Å². The lowest BCUT2D eigenvalue weighted by atomic mass is 10.1. The number of hydrogen-bond acceptors (Lipinski definition) is 1. The van der Waals surface area contributed by atoms with Crippen LogP contribution in [0.15, 0.2) is 41.0 Å². The molecule has 2 aromatic heterocycles. The summed E-state index contributed by atoms with van der Waals surface area (Å²) >= 11 is 0. The molecule has 0 bridgehead atoms. The molecule has 3 rings (SSSR count). The Morgan fingerprint density at radius 3 is 2.75 bits per heavy atom. The average Bonchev–Trinajstić information content (AvgIpc) is 2.82. The van der Waals surface area contributed by atoms with Crippen LogP contribution in [0.4, 0.5) is 0 Å². The largest absolute Gasteiger partial charge is 0.463 e. The number of aromatic nitrogens is 1. The molecule has 2 nitrogen and oxygen atoms in total. The molecular weight excluding hydrogens is 198 g/mol. The Bertz CT molecular complexity index is 632. The fourth-order valence-electron chi connectivity index (χ4n) is 2.18. The van der Waals surface area contributed by atoms with Gasteiger partial charge in [0.25, 0.3) is 0 Å². The van der Waals surface area contributed by atoms with Crippen molar-refractivity contribution in [1.82, 2.24) is 4.98 Å². The fourth-order valence-corrected chi connectivity index (χ4v) is 2.18. The minimum absolute atomic E-state index is 0.883. The summed E-state index contributed by atoms with van der Waals surface area (Å²) in [5.74, 6) is 0.883. The highest BCUT2D eigenvalue weighted by Crippen LogP contribution is 2.27. The molecule has 0 saturated carbocycles. The molecule has 0 aliphatic rings. The molecule has 0 spiro atoms. The maximum Gasteiger partial charge on any atom is 0.150 e. The normalized spacial score (nSPS) is 11.1. The van der Waals surface area contributed by atoms with Gasteiger partial charge in [0.1, 0.15) is 5.76 Å². The van der Waals surface area contributed by atoms with Crippen molar-refractivity contribution in [2.24, 2.45) is 0 Å². The molecular formula is C14H13NO. The molecule has 1 aromatic carbocycles. The molecule has 16 heavy (non-hydrogen) atoms. The highest BCUT2D eigenvalue weighted by Gasteiger charge is 2.07. The van der Waals surface area contributed by atoms with Crippen molar-refractivity contribution < 1.29 is 4.42 Å². The number of nitrogens with one attached hydrogen (secondary N) is 1. The lowest BCUT2D eigenvalue weighted by molar-refractivity contribution is 0.580. The Kier molecular flexibility index (Phi) is 1.90. The number of H-pyrrole nitrogens is 1. The van der Waals surface area contributed by atoms with Crippen molar-refractivity contribution in [3.8, 4) is 11.5 Å². The van der Waals surface area contributed by atoms with Crippen LogP contribution >= 0.6 is 0 Å². The second-order valence-electron chi connectivity index (χ2n) is 4.21. The number of hydrogen-bond donors (Lipinski definition) is 1. The van der Waals surface area contributed by atoms with Crippen LogP contribution in [-0.4, -0.2) is 4.98 Å². The van der Waals surface area contributed by atoms with Crippen molar-refractivity contribution >= 4 is 10.9 Å². The van der Waals surface area contributed by atoms with E-state index in [-0.39, 0.29) is 0 Å².